The SMILES string of the molecule is CCc1nn(-c2ccc(Cl)c(F)c2)c(Cl)c1C. The average Bonchev–Trinajstić information content (AvgIpc) is 2.60. The molecule has 17 heavy (non-hydrogen) atoms. The molecule has 0 saturated heterocycles. The van der Waals surface area contributed by atoms with Crippen molar-refractivity contribution in [3.8, 4) is 5.69 Å². The van der Waals surface area contributed by atoms with Gasteiger partial charge in [-0.2, -0.15) is 5.10 Å². The fourth-order valence-electron chi connectivity index (χ4n) is 1.64. The molecule has 0 amide bonds. The van der Waals surface area contributed by atoms with Gasteiger partial charge in [0.05, 0.1) is 16.4 Å². The van der Waals surface area contributed by atoms with E-state index in [9.17, 15) is 4.39 Å². The largest absolute Gasteiger partial charge is 0.222 e. The van der Waals surface area contributed by atoms with Gasteiger partial charge in [0, 0.05) is 11.6 Å². The standard InChI is InChI=1S/C12H11Cl2FN2/c1-3-11-7(2)12(14)17(16-11)8-4-5-9(13)10(15)6-8/h4-6H,3H2,1-2H3. The minimum atomic E-state index is -0.480. The van der Waals surface area contributed by atoms with E-state index >= 15 is 0 Å². The Labute approximate surface area is 109 Å². The lowest BCUT2D eigenvalue weighted by atomic mass is 10.2. The summed E-state index contributed by atoms with van der Waals surface area (Å²) < 4.78 is 14.9. The molecule has 0 N–H and O–H groups in total. The minimum absolute atomic E-state index is 0.0875. The van der Waals surface area contributed by atoms with Crippen LogP contribution in [-0.4, -0.2) is 9.78 Å². The molecule has 0 fully saturated rings. The number of benzene rings is 1. The van der Waals surface area contributed by atoms with Crippen molar-refractivity contribution < 1.29 is 4.39 Å². The first-order valence-corrected chi connectivity index (χ1v) is 5.99. The van der Waals surface area contributed by atoms with Crippen LogP contribution in [-0.2, 0) is 6.42 Å². The van der Waals surface area contributed by atoms with Crippen molar-refractivity contribution in [1.82, 2.24) is 9.78 Å². The molecular weight excluding hydrogens is 262 g/mol. The number of hydrogen-bond donors (Lipinski definition) is 0. The highest BCUT2D eigenvalue weighted by Gasteiger charge is 2.13. The van der Waals surface area contributed by atoms with Crippen LogP contribution in [0.3, 0.4) is 0 Å². The lowest BCUT2D eigenvalue weighted by molar-refractivity contribution is 0.625. The average molecular weight is 273 g/mol. The van der Waals surface area contributed by atoms with Crippen molar-refractivity contribution in [2.45, 2.75) is 20.3 Å². The summed E-state index contributed by atoms with van der Waals surface area (Å²) in [6, 6.07) is 4.49. The molecule has 1 aromatic carbocycles. The van der Waals surface area contributed by atoms with Crippen LogP contribution in [0.1, 0.15) is 18.2 Å². The molecule has 0 radical (unpaired) electrons. The van der Waals surface area contributed by atoms with Gasteiger partial charge in [0.1, 0.15) is 11.0 Å². The van der Waals surface area contributed by atoms with E-state index in [2.05, 4.69) is 5.10 Å². The van der Waals surface area contributed by atoms with E-state index < -0.39 is 5.82 Å². The van der Waals surface area contributed by atoms with E-state index in [4.69, 9.17) is 23.2 Å². The highest BCUT2D eigenvalue weighted by Crippen LogP contribution is 2.25. The summed E-state index contributed by atoms with van der Waals surface area (Å²) in [4.78, 5) is 0. The normalized spacial score (nSPS) is 10.9. The summed E-state index contributed by atoms with van der Waals surface area (Å²) in [7, 11) is 0. The van der Waals surface area contributed by atoms with Crippen LogP contribution < -0.4 is 0 Å². The fraction of sp³-hybridized carbons (Fsp3) is 0.250. The summed E-state index contributed by atoms with van der Waals surface area (Å²) in [6.45, 7) is 3.90. The molecule has 90 valence electrons. The highest BCUT2D eigenvalue weighted by molar-refractivity contribution is 6.31. The summed E-state index contributed by atoms with van der Waals surface area (Å²) in [5.41, 5.74) is 2.40. The van der Waals surface area contributed by atoms with E-state index in [-0.39, 0.29) is 5.02 Å². The lowest BCUT2D eigenvalue weighted by Gasteiger charge is -2.04. The maximum absolute atomic E-state index is 13.4. The van der Waals surface area contributed by atoms with Crippen LogP contribution in [0, 0.1) is 12.7 Å². The van der Waals surface area contributed by atoms with Gasteiger partial charge < -0.3 is 0 Å². The van der Waals surface area contributed by atoms with Gasteiger partial charge >= 0.3 is 0 Å². The number of nitrogens with zero attached hydrogens (tertiary/aromatic N) is 2. The monoisotopic (exact) mass is 272 g/mol. The van der Waals surface area contributed by atoms with Gasteiger partial charge in [-0.1, -0.05) is 30.1 Å². The smallest absolute Gasteiger partial charge is 0.143 e. The second-order valence-electron chi connectivity index (χ2n) is 3.73. The Morgan fingerprint density at radius 3 is 2.59 bits per heavy atom. The molecular formula is C12H11Cl2FN2. The van der Waals surface area contributed by atoms with E-state index in [1.54, 1.807) is 6.07 Å². The summed E-state index contributed by atoms with van der Waals surface area (Å²) in [5.74, 6) is -0.480. The van der Waals surface area contributed by atoms with Crippen molar-refractivity contribution in [2.24, 2.45) is 0 Å². The zero-order chi connectivity index (χ0) is 12.6. The van der Waals surface area contributed by atoms with Gasteiger partial charge in [-0.15, -0.1) is 0 Å². The van der Waals surface area contributed by atoms with Crippen LogP contribution in [0.25, 0.3) is 5.69 Å². The summed E-state index contributed by atoms with van der Waals surface area (Å²) >= 11 is 11.8. The van der Waals surface area contributed by atoms with Gasteiger partial charge in [-0.3, -0.25) is 0 Å². The Morgan fingerprint density at radius 2 is 2.06 bits per heavy atom. The first-order chi connectivity index (χ1) is 8.04. The van der Waals surface area contributed by atoms with Gasteiger partial charge in [-0.25, -0.2) is 9.07 Å². The maximum atomic E-state index is 13.4. The van der Waals surface area contributed by atoms with Crippen molar-refractivity contribution >= 4 is 23.2 Å². The number of hydrogen-bond acceptors (Lipinski definition) is 1. The zero-order valence-corrected chi connectivity index (χ0v) is 11.0. The second kappa shape index (κ2) is 4.67. The Bertz CT molecular complexity index is 564. The first-order valence-electron chi connectivity index (χ1n) is 5.24. The maximum Gasteiger partial charge on any atom is 0.143 e. The summed E-state index contributed by atoms with van der Waals surface area (Å²) in [5, 5.41) is 4.93. The van der Waals surface area contributed by atoms with Gasteiger partial charge in [0.15, 0.2) is 0 Å². The molecule has 0 aliphatic rings. The molecule has 2 nitrogen and oxygen atoms in total. The second-order valence-corrected chi connectivity index (χ2v) is 4.49. The quantitative estimate of drug-likeness (QED) is 0.802. The third-order valence-corrected chi connectivity index (χ3v) is 3.38. The molecule has 0 aliphatic carbocycles. The predicted molar refractivity (Wildman–Crippen MR) is 67.7 cm³/mol. The minimum Gasteiger partial charge on any atom is -0.222 e. The van der Waals surface area contributed by atoms with Crippen molar-refractivity contribution in [2.75, 3.05) is 0 Å². The highest BCUT2D eigenvalue weighted by atomic mass is 35.5. The molecule has 0 atom stereocenters. The lowest BCUT2D eigenvalue weighted by Crippen LogP contribution is -1.98. The number of halogens is 3. The Kier molecular flexibility index (Phi) is 3.40. The van der Waals surface area contributed by atoms with Gasteiger partial charge in [0.25, 0.3) is 0 Å². The Morgan fingerprint density at radius 1 is 1.35 bits per heavy atom. The fourth-order valence-corrected chi connectivity index (χ4v) is 2.00. The van der Waals surface area contributed by atoms with Crippen LogP contribution in [0.5, 0.6) is 0 Å². The Hall–Kier alpha value is -1.06. The number of aromatic nitrogens is 2. The molecule has 5 heteroatoms. The molecule has 0 saturated carbocycles. The van der Waals surface area contributed by atoms with E-state index in [1.165, 1.54) is 16.8 Å². The molecule has 2 aromatic rings. The predicted octanol–water partition coefficient (Wildman–Crippen LogP) is 4.19. The molecule has 1 aromatic heterocycles. The van der Waals surface area contributed by atoms with Crippen LogP contribution >= 0.6 is 23.2 Å². The van der Waals surface area contributed by atoms with Crippen LogP contribution in [0.2, 0.25) is 10.2 Å². The van der Waals surface area contributed by atoms with E-state index in [0.717, 1.165) is 17.7 Å². The molecule has 0 spiro atoms. The number of aryl methyl sites for hydroxylation is 1. The van der Waals surface area contributed by atoms with Gasteiger partial charge in [0.2, 0.25) is 0 Å². The zero-order valence-electron chi connectivity index (χ0n) is 9.47. The number of rotatable bonds is 2. The van der Waals surface area contributed by atoms with E-state index in [1.807, 2.05) is 13.8 Å². The van der Waals surface area contributed by atoms with Crippen LogP contribution in [0.4, 0.5) is 4.39 Å². The first kappa shape index (κ1) is 12.4. The van der Waals surface area contributed by atoms with Crippen LogP contribution in [0.15, 0.2) is 18.2 Å². The van der Waals surface area contributed by atoms with Crippen molar-refractivity contribution in [1.29, 1.82) is 0 Å². The summed E-state index contributed by atoms with van der Waals surface area (Å²) in [6.07, 6.45) is 0.786. The molecule has 0 aliphatic heterocycles. The third kappa shape index (κ3) is 2.17. The Balaban J connectivity index is 2.56. The molecule has 2 rings (SSSR count). The molecule has 0 bridgehead atoms. The van der Waals surface area contributed by atoms with E-state index in [0.29, 0.717) is 10.8 Å². The van der Waals surface area contributed by atoms with Crippen molar-refractivity contribution in [3.63, 3.8) is 0 Å². The molecule has 0 unspecified atom stereocenters. The third-order valence-electron chi connectivity index (χ3n) is 2.63. The topological polar surface area (TPSA) is 17.8 Å². The van der Waals surface area contributed by atoms with Crippen molar-refractivity contribution in [3.05, 3.63) is 45.4 Å². The van der Waals surface area contributed by atoms with Gasteiger partial charge in [-0.05, 0) is 25.5 Å². The molecule has 1 heterocycles.